The molecule has 0 spiro atoms. The summed E-state index contributed by atoms with van der Waals surface area (Å²) in [6.45, 7) is 0.421. The highest BCUT2D eigenvalue weighted by Crippen LogP contribution is 2.23. The molecule has 1 unspecified atom stereocenters. The van der Waals surface area contributed by atoms with Crippen molar-refractivity contribution in [1.82, 2.24) is 4.72 Å². The highest BCUT2D eigenvalue weighted by molar-refractivity contribution is 7.89. The zero-order valence-electron chi connectivity index (χ0n) is 10.1. The molecule has 4 N–H and O–H groups in total. The Bertz CT molecular complexity index is 570. The number of hydrogen-bond donors (Lipinski definition) is 3. The number of nitrogens with one attached hydrogen (secondary N) is 1. The molecule has 1 aliphatic rings. The van der Waals surface area contributed by atoms with Crippen LogP contribution >= 0.6 is 11.6 Å². The quantitative estimate of drug-likeness (QED) is 0.697. The third-order valence-electron chi connectivity index (χ3n) is 2.94. The van der Waals surface area contributed by atoms with E-state index in [9.17, 15) is 13.5 Å². The fourth-order valence-electron chi connectivity index (χ4n) is 1.81. The molecular formula is C11H15ClN2O4S. The number of sulfonamides is 1. The van der Waals surface area contributed by atoms with Crippen molar-refractivity contribution in [2.24, 2.45) is 0 Å². The number of anilines is 1. The normalized spacial score (nSPS) is 23.7. The van der Waals surface area contributed by atoms with Crippen molar-refractivity contribution in [2.45, 2.75) is 16.9 Å². The number of benzene rings is 1. The first kappa shape index (κ1) is 14.5. The summed E-state index contributed by atoms with van der Waals surface area (Å²) in [6, 6.07) is 4.14. The predicted octanol–water partition coefficient (Wildman–Crippen LogP) is 0.352. The molecule has 0 saturated carbocycles. The summed E-state index contributed by atoms with van der Waals surface area (Å²) in [4.78, 5) is -0.0561. The van der Waals surface area contributed by atoms with Gasteiger partial charge in [0.15, 0.2) is 0 Å². The van der Waals surface area contributed by atoms with Crippen molar-refractivity contribution in [3.05, 3.63) is 23.2 Å². The number of ether oxygens (including phenoxy) is 1. The highest BCUT2D eigenvalue weighted by Gasteiger charge is 2.34. The summed E-state index contributed by atoms with van der Waals surface area (Å²) in [5, 5.41) is 10.4. The van der Waals surface area contributed by atoms with Crippen molar-refractivity contribution in [2.75, 3.05) is 25.5 Å². The van der Waals surface area contributed by atoms with Gasteiger partial charge in [-0.25, -0.2) is 13.1 Å². The summed E-state index contributed by atoms with van der Waals surface area (Å²) < 4.78 is 31.5. The summed E-state index contributed by atoms with van der Waals surface area (Å²) in [5.74, 6) is 0. The minimum atomic E-state index is -3.78. The molecule has 106 valence electrons. The van der Waals surface area contributed by atoms with Crippen LogP contribution in [-0.4, -0.2) is 38.9 Å². The van der Waals surface area contributed by atoms with Crippen LogP contribution in [0.1, 0.15) is 6.42 Å². The maximum absolute atomic E-state index is 12.1. The number of rotatable bonds is 4. The third-order valence-corrected chi connectivity index (χ3v) is 4.65. The minimum absolute atomic E-state index is 0.0561. The van der Waals surface area contributed by atoms with E-state index in [-0.39, 0.29) is 23.7 Å². The highest BCUT2D eigenvalue weighted by atomic mass is 35.5. The molecule has 1 atom stereocenters. The van der Waals surface area contributed by atoms with Gasteiger partial charge in [0.25, 0.3) is 0 Å². The van der Waals surface area contributed by atoms with Gasteiger partial charge >= 0.3 is 0 Å². The molecule has 6 nitrogen and oxygen atoms in total. The van der Waals surface area contributed by atoms with E-state index in [1.807, 2.05) is 0 Å². The van der Waals surface area contributed by atoms with E-state index in [2.05, 4.69) is 4.72 Å². The van der Waals surface area contributed by atoms with Gasteiger partial charge in [-0.15, -0.1) is 0 Å². The molecule has 2 rings (SSSR count). The van der Waals surface area contributed by atoms with E-state index in [1.165, 1.54) is 18.2 Å². The summed E-state index contributed by atoms with van der Waals surface area (Å²) >= 11 is 5.72. The first-order chi connectivity index (χ1) is 8.82. The van der Waals surface area contributed by atoms with Crippen LogP contribution < -0.4 is 10.5 Å². The lowest BCUT2D eigenvalue weighted by Crippen LogP contribution is -2.43. The lowest BCUT2D eigenvalue weighted by molar-refractivity contribution is 0.0314. The average Bonchev–Trinajstić information content (AvgIpc) is 2.74. The zero-order valence-corrected chi connectivity index (χ0v) is 11.7. The molecular weight excluding hydrogens is 292 g/mol. The Labute approximate surface area is 116 Å². The second-order valence-corrected chi connectivity index (χ2v) is 6.71. The molecule has 1 aromatic rings. The number of nitrogen functional groups attached to an aromatic ring is 1. The van der Waals surface area contributed by atoms with Crippen molar-refractivity contribution in [3.63, 3.8) is 0 Å². The molecule has 1 heterocycles. The van der Waals surface area contributed by atoms with Gasteiger partial charge in [0.2, 0.25) is 10.0 Å². The van der Waals surface area contributed by atoms with Gasteiger partial charge in [0.1, 0.15) is 10.5 Å². The van der Waals surface area contributed by atoms with Crippen molar-refractivity contribution < 1.29 is 18.3 Å². The van der Waals surface area contributed by atoms with Gasteiger partial charge in [0, 0.05) is 24.6 Å². The smallest absolute Gasteiger partial charge is 0.242 e. The Kier molecular flexibility index (Phi) is 4.03. The molecule has 0 bridgehead atoms. The molecule has 1 saturated heterocycles. The molecule has 0 aliphatic carbocycles. The van der Waals surface area contributed by atoms with Crippen molar-refractivity contribution in [3.8, 4) is 0 Å². The third kappa shape index (κ3) is 3.37. The molecule has 1 aliphatic heterocycles. The Morgan fingerprint density at radius 3 is 2.84 bits per heavy atom. The maximum atomic E-state index is 12.1. The second kappa shape index (κ2) is 5.26. The van der Waals surface area contributed by atoms with Gasteiger partial charge < -0.3 is 15.6 Å². The van der Waals surface area contributed by atoms with E-state index < -0.39 is 15.6 Å². The number of hydrogen-bond acceptors (Lipinski definition) is 5. The topological polar surface area (TPSA) is 102 Å². The van der Waals surface area contributed by atoms with E-state index in [0.717, 1.165) is 0 Å². The van der Waals surface area contributed by atoms with Crippen LogP contribution in [0, 0.1) is 0 Å². The summed E-state index contributed by atoms with van der Waals surface area (Å²) in [5.41, 5.74) is 4.54. The van der Waals surface area contributed by atoms with Crippen LogP contribution in [0.3, 0.4) is 0 Å². The molecule has 8 heteroatoms. The van der Waals surface area contributed by atoms with Crippen molar-refractivity contribution in [1.29, 1.82) is 0 Å². The SMILES string of the molecule is Nc1cc(Cl)ccc1S(=O)(=O)NCC1(O)CCOC1. The van der Waals surface area contributed by atoms with Crippen LogP contribution in [0.2, 0.25) is 5.02 Å². The first-order valence-electron chi connectivity index (χ1n) is 5.67. The van der Waals surface area contributed by atoms with Crippen LogP contribution in [0.4, 0.5) is 5.69 Å². The number of halogens is 1. The zero-order chi connectivity index (χ0) is 14.1. The van der Waals surface area contributed by atoms with Gasteiger partial charge in [-0.2, -0.15) is 0 Å². The van der Waals surface area contributed by atoms with Crippen molar-refractivity contribution >= 4 is 27.3 Å². The minimum Gasteiger partial charge on any atom is -0.398 e. The van der Waals surface area contributed by atoms with Crippen LogP contribution in [0.15, 0.2) is 23.1 Å². The second-order valence-electron chi connectivity index (χ2n) is 4.53. The molecule has 0 amide bonds. The Morgan fingerprint density at radius 2 is 2.26 bits per heavy atom. The Balaban J connectivity index is 2.14. The Morgan fingerprint density at radius 1 is 1.53 bits per heavy atom. The van der Waals surface area contributed by atoms with Gasteiger partial charge in [-0.05, 0) is 18.2 Å². The fraction of sp³-hybridized carbons (Fsp3) is 0.455. The van der Waals surface area contributed by atoms with Gasteiger partial charge in [0.05, 0.1) is 12.3 Å². The monoisotopic (exact) mass is 306 g/mol. The van der Waals surface area contributed by atoms with Gasteiger partial charge in [-0.3, -0.25) is 0 Å². The standard InChI is InChI=1S/C11H15ClN2O4S/c12-8-1-2-10(9(13)5-8)19(16,17)14-6-11(15)3-4-18-7-11/h1-2,5,14-15H,3-4,6-7,13H2. The van der Waals surface area contributed by atoms with Crippen LogP contribution in [0.5, 0.6) is 0 Å². The van der Waals surface area contributed by atoms with E-state index in [1.54, 1.807) is 0 Å². The van der Waals surface area contributed by atoms with E-state index in [0.29, 0.717) is 18.1 Å². The fourth-order valence-corrected chi connectivity index (χ4v) is 3.22. The first-order valence-corrected chi connectivity index (χ1v) is 7.53. The van der Waals surface area contributed by atoms with E-state index >= 15 is 0 Å². The average molecular weight is 307 g/mol. The molecule has 1 aromatic carbocycles. The Hall–Kier alpha value is -0.860. The van der Waals surface area contributed by atoms with Crippen LogP contribution in [0.25, 0.3) is 0 Å². The predicted molar refractivity (Wildman–Crippen MR) is 71.4 cm³/mol. The number of nitrogens with two attached hydrogens (primary N) is 1. The largest absolute Gasteiger partial charge is 0.398 e. The molecule has 0 radical (unpaired) electrons. The van der Waals surface area contributed by atoms with E-state index in [4.69, 9.17) is 22.1 Å². The van der Waals surface area contributed by atoms with Crippen LogP contribution in [-0.2, 0) is 14.8 Å². The summed E-state index contributed by atoms with van der Waals surface area (Å²) in [7, 11) is -3.78. The number of aliphatic hydroxyl groups is 1. The molecule has 1 fully saturated rings. The lowest BCUT2D eigenvalue weighted by atomic mass is 10.1. The van der Waals surface area contributed by atoms with Gasteiger partial charge in [-0.1, -0.05) is 11.6 Å². The maximum Gasteiger partial charge on any atom is 0.242 e. The lowest BCUT2D eigenvalue weighted by Gasteiger charge is -2.20. The molecule has 0 aromatic heterocycles. The summed E-state index contributed by atoms with van der Waals surface area (Å²) in [6.07, 6.45) is 0.394. The molecule has 19 heavy (non-hydrogen) atoms.